The Bertz CT molecular complexity index is 537. The van der Waals surface area contributed by atoms with Gasteiger partial charge in [-0.3, -0.25) is 0 Å². The van der Waals surface area contributed by atoms with Gasteiger partial charge in [-0.1, -0.05) is 52.4 Å². The van der Waals surface area contributed by atoms with Gasteiger partial charge >= 0.3 is 0 Å². The van der Waals surface area contributed by atoms with Crippen molar-refractivity contribution in [2.75, 3.05) is 5.32 Å². The van der Waals surface area contributed by atoms with Crippen LogP contribution in [0.4, 0.5) is 5.13 Å². The average Bonchev–Trinajstić information content (AvgIpc) is 2.75. The van der Waals surface area contributed by atoms with Gasteiger partial charge in [0.15, 0.2) is 4.34 Å². The largest absolute Gasteiger partial charge is 0.358 e. The molecule has 0 saturated heterocycles. The molecule has 1 aromatic heterocycles. The number of halogens is 2. The summed E-state index contributed by atoms with van der Waals surface area (Å²) >= 11 is 15.4. The second kappa shape index (κ2) is 6.79. The van der Waals surface area contributed by atoms with Crippen LogP contribution in [0.3, 0.4) is 0 Å². The van der Waals surface area contributed by atoms with Crippen molar-refractivity contribution in [2.24, 2.45) is 0 Å². The van der Waals surface area contributed by atoms with Gasteiger partial charge in [-0.15, -0.1) is 10.2 Å². The molecule has 3 nitrogen and oxygen atoms in total. The molecule has 2 aromatic rings. The van der Waals surface area contributed by atoms with Crippen LogP contribution in [0.5, 0.6) is 0 Å². The van der Waals surface area contributed by atoms with Crippen LogP contribution in [0, 0.1) is 0 Å². The summed E-state index contributed by atoms with van der Waals surface area (Å²) in [6, 6.07) is 5.88. The van der Waals surface area contributed by atoms with Gasteiger partial charge in [0.05, 0.1) is 0 Å². The van der Waals surface area contributed by atoms with Crippen molar-refractivity contribution in [1.29, 1.82) is 0 Å². The molecule has 0 aliphatic heterocycles. The molecular weight excluding hydrogens is 321 g/mol. The van der Waals surface area contributed by atoms with Crippen LogP contribution in [0.25, 0.3) is 0 Å². The first-order valence-corrected chi connectivity index (χ1v) is 8.28. The number of nitrogens with zero attached hydrogens (tertiary/aromatic N) is 2. The van der Waals surface area contributed by atoms with E-state index in [2.05, 4.69) is 29.4 Å². The Hall–Kier alpha value is -0.490. The summed E-state index contributed by atoms with van der Waals surface area (Å²) in [5.41, 5.74) is 0.935. The van der Waals surface area contributed by atoms with Crippen LogP contribution in [-0.2, 0) is 5.75 Å². The zero-order valence-electron chi connectivity index (χ0n) is 10.5. The van der Waals surface area contributed by atoms with E-state index in [4.69, 9.17) is 23.2 Å². The van der Waals surface area contributed by atoms with E-state index in [-0.39, 0.29) is 0 Å². The maximum absolute atomic E-state index is 6.13. The van der Waals surface area contributed by atoms with Gasteiger partial charge in [-0.25, -0.2) is 0 Å². The third-order valence-electron chi connectivity index (χ3n) is 2.22. The van der Waals surface area contributed by atoms with Gasteiger partial charge in [-0.05, 0) is 31.5 Å². The van der Waals surface area contributed by atoms with E-state index in [0.29, 0.717) is 21.8 Å². The van der Waals surface area contributed by atoms with Crippen LogP contribution >= 0.6 is 46.3 Å². The number of thioether (sulfide) groups is 1. The molecule has 1 N–H and O–H groups in total. The highest BCUT2D eigenvalue weighted by Crippen LogP contribution is 2.33. The van der Waals surface area contributed by atoms with Crippen LogP contribution in [-0.4, -0.2) is 16.2 Å². The van der Waals surface area contributed by atoms with E-state index in [1.165, 1.54) is 11.3 Å². The van der Waals surface area contributed by atoms with E-state index in [9.17, 15) is 0 Å². The fourth-order valence-corrected chi connectivity index (χ4v) is 4.02. The first-order valence-electron chi connectivity index (χ1n) is 5.72. The van der Waals surface area contributed by atoms with E-state index in [1.54, 1.807) is 11.8 Å². The van der Waals surface area contributed by atoms with Crippen LogP contribution in [0.15, 0.2) is 22.5 Å². The van der Waals surface area contributed by atoms with Crippen LogP contribution in [0.1, 0.15) is 19.4 Å². The Morgan fingerprint density at radius 3 is 2.58 bits per heavy atom. The smallest absolute Gasteiger partial charge is 0.206 e. The van der Waals surface area contributed by atoms with Crippen molar-refractivity contribution >= 4 is 51.4 Å². The summed E-state index contributed by atoms with van der Waals surface area (Å²) in [7, 11) is 0. The van der Waals surface area contributed by atoms with E-state index in [1.807, 2.05) is 18.2 Å². The van der Waals surface area contributed by atoms with Gasteiger partial charge in [0, 0.05) is 21.8 Å². The lowest BCUT2D eigenvalue weighted by molar-refractivity contribution is 0.883. The molecule has 0 bridgehead atoms. The standard InChI is InChI=1S/C12H13Cl2N3S2/c1-7(2)15-11-16-17-12(19-11)18-6-8-9(13)4-3-5-10(8)14/h3-5,7H,6H2,1-2H3,(H,15,16). The summed E-state index contributed by atoms with van der Waals surface area (Å²) in [6.45, 7) is 4.13. The summed E-state index contributed by atoms with van der Waals surface area (Å²) < 4.78 is 0.902. The first-order chi connectivity index (χ1) is 9.06. The predicted molar refractivity (Wildman–Crippen MR) is 84.7 cm³/mol. The number of nitrogens with one attached hydrogen (secondary N) is 1. The minimum Gasteiger partial charge on any atom is -0.358 e. The minimum atomic E-state index is 0.351. The topological polar surface area (TPSA) is 37.8 Å². The number of benzene rings is 1. The Labute approximate surface area is 130 Å². The number of hydrogen-bond donors (Lipinski definition) is 1. The summed E-state index contributed by atoms with van der Waals surface area (Å²) in [6.07, 6.45) is 0. The van der Waals surface area contributed by atoms with Gasteiger partial charge in [0.25, 0.3) is 0 Å². The van der Waals surface area contributed by atoms with E-state index >= 15 is 0 Å². The Morgan fingerprint density at radius 2 is 1.95 bits per heavy atom. The second-order valence-electron chi connectivity index (χ2n) is 4.16. The SMILES string of the molecule is CC(C)Nc1nnc(SCc2c(Cl)cccc2Cl)s1. The number of hydrogen-bond acceptors (Lipinski definition) is 5. The molecular formula is C12H13Cl2N3S2. The summed E-state index contributed by atoms with van der Waals surface area (Å²) in [5, 5.41) is 13.6. The second-order valence-corrected chi connectivity index (χ2v) is 7.18. The van der Waals surface area contributed by atoms with Gasteiger partial charge in [0.2, 0.25) is 5.13 Å². The fourth-order valence-electron chi connectivity index (χ4n) is 1.38. The average molecular weight is 334 g/mol. The van der Waals surface area contributed by atoms with Gasteiger partial charge < -0.3 is 5.32 Å². The lowest BCUT2D eigenvalue weighted by atomic mass is 10.2. The molecule has 0 amide bonds. The summed E-state index contributed by atoms with van der Waals surface area (Å²) in [5.74, 6) is 0.689. The molecule has 0 aliphatic rings. The van der Waals surface area contributed by atoms with Crippen molar-refractivity contribution in [3.63, 3.8) is 0 Å². The highest BCUT2D eigenvalue weighted by Gasteiger charge is 2.09. The van der Waals surface area contributed by atoms with Crippen molar-refractivity contribution in [1.82, 2.24) is 10.2 Å². The molecule has 0 aliphatic carbocycles. The number of aromatic nitrogens is 2. The van der Waals surface area contributed by atoms with E-state index in [0.717, 1.165) is 15.0 Å². The fraction of sp³-hybridized carbons (Fsp3) is 0.333. The van der Waals surface area contributed by atoms with Crippen molar-refractivity contribution in [3.8, 4) is 0 Å². The third kappa shape index (κ3) is 4.24. The molecule has 0 radical (unpaired) electrons. The van der Waals surface area contributed by atoms with Crippen LogP contribution < -0.4 is 5.32 Å². The quantitative estimate of drug-likeness (QED) is 0.785. The zero-order valence-corrected chi connectivity index (χ0v) is 13.6. The molecule has 1 aromatic carbocycles. The zero-order chi connectivity index (χ0) is 13.8. The van der Waals surface area contributed by atoms with Crippen molar-refractivity contribution in [2.45, 2.75) is 30.0 Å². The molecule has 0 fully saturated rings. The lowest BCUT2D eigenvalue weighted by Gasteiger charge is -2.04. The maximum atomic E-state index is 6.13. The summed E-state index contributed by atoms with van der Waals surface area (Å²) in [4.78, 5) is 0. The number of anilines is 1. The Balaban J connectivity index is 2.01. The number of rotatable bonds is 5. The normalized spacial score (nSPS) is 11.0. The van der Waals surface area contributed by atoms with Crippen LogP contribution in [0.2, 0.25) is 10.0 Å². The first kappa shape index (κ1) is 14.9. The highest BCUT2D eigenvalue weighted by atomic mass is 35.5. The van der Waals surface area contributed by atoms with Gasteiger partial charge in [0.1, 0.15) is 0 Å². The molecule has 102 valence electrons. The molecule has 0 saturated carbocycles. The molecule has 0 atom stereocenters. The minimum absolute atomic E-state index is 0.351. The Morgan fingerprint density at radius 1 is 1.26 bits per heavy atom. The van der Waals surface area contributed by atoms with Gasteiger partial charge in [-0.2, -0.15) is 0 Å². The monoisotopic (exact) mass is 333 g/mol. The van der Waals surface area contributed by atoms with Crippen molar-refractivity contribution < 1.29 is 0 Å². The van der Waals surface area contributed by atoms with E-state index < -0.39 is 0 Å². The molecule has 2 rings (SSSR count). The molecule has 1 heterocycles. The Kier molecular flexibility index (Phi) is 5.33. The third-order valence-corrected chi connectivity index (χ3v) is 4.94. The predicted octanol–water partition coefficient (Wildman–Crippen LogP) is 4.96. The maximum Gasteiger partial charge on any atom is 0.206 e. The lowest BCUT2D eigenvalue weighted by Crippen LogP contribution is -2.08. The van der Waals surface area contributed by atoms with Crippen molar-refractivity contribution in [3.05, 3.63) is 33.8 Å². The molecule has 0 unspecified atom stereocenters. The molecule has 0 spiro atoms. The highest BCUT2D eigenvalue weighted by molar-refractivity contribution is 8.00. The molecule has 19 heavy (non-hydrogen) atoms. The molecule has 7 heteroatoms.